The molecule has 0 spiro atoms. The third kappa shape index (κ3) is 2.09. The Bertz CT molecular complexity index is 392. The molecule has 84 valence electrons. The maximum absolute atomic E-state index is 11.6. The van der Waals surface area contributed by atoms with Gasteiger partial charge in [-0.25, -0.2) is 0 Å². The molecule has 16 heavy (non-hydrogen) atoms. The van der Waals surface area contributed by atoms with Crippen molar-refractivity contribution in [2.45, 2.75) is 29.3 Å². The average molecular weight is 297 g/mol. The zero-order chi connectivity index (χ0) is 11.0. The van der Waals surface area contributed by atoms with Crippen LogP contribution in [0, 0.1) is 5.92 Å². The van der Waals surface area contributed by atoms with Crippen molar-refractivity contribution in [2.75, 3.05) is 0 Å². The van der Waals surface area contributed by atoms with E-state index >= 15 is 0 Å². The molecule has 0 radical (unpaired) electrons. The SMILES string of the molecule is O=C1S[C@H]2C[C@@H]1CC[C@H]2[Se]c1ccccc1. The summed E-state index contributed by atoms with van der Waals surface area (Å²) in [6.07, 6.45) is 3.56. The van der Waals surface area contributed by atoms with Gasteiger partial charge in [0.25, 0.3) is 0 Å². The van der Waals surface area contributed by atoms with Crippen molar-refractivity contribution in [1.82, 2.24) is 0 Å². The summed E-state index contributed by atoms with van der Waals surface area (Å²) in [4.78, 5) is 12.4. The standard InChI is InChI=1S/C13H14OSSe/c14-13-9-6-7-12(11(8-9)15-13)16-10-4-2-1-3-5-10/h1-5,9,11-12H,6-8H2/t9-,11-,12+/m0/s1. The number of benzene rings is 1. The van der Waals surface area contributed by atoms with Crippen LogP contribution in [0.4, 0.5) is 0 Å². The fourth-order valence-corrected chi connectivity index (χ4v) is 6.93. The average Bonchev–Trinajstić information content (AvgIpc) is 2.61. The van der Waals surface area contributed by atoms with E-state index < -0.39 is 0 Å². The first-order valence-electron chi connectivity index (χ1n) is 5.75. The topological polar surface area (TPSA) is 17.1 Å². The predicted molar refractivity (Wildman–Crippen MR) is 69.3 cm³/mol. The van der Waals surface area contributed by atoms with E-state index in [0.29, 0.717) is 31.2 Å². The maximum atomic E-state index is 11.6. The molecule has 1 saturated heterocycles. The minimum absolute atomic E-state index is 0.401. The first-order valence-corrected chi connectivity index (χ1v) is 8.47. The third-order valence-corrected chi connectivity index (χ3v) is 8.10. The molecule has 0 N–H and O–H groups in total. The van der Waals surface area contributed by atoms with Crippen LogP contribution in [0.15, 0.2) is 30.3 Å². The summed E-state index contributed by atoms with van der Waals surface area (Å²) in [6, 6.07) is 10.8. The van der Waals surface area contributed by atoms with Gasteiger partial charge in [0.05, 0.1) is 0 Å². The molecular weight excluding hydrogens is 283 g/mol. The van der Waals surface area contributed by atoms with Crippen molar-refractivity contribution >= 4 is 36.3 Å². The van der Waals surface area contributed by atoms with E-state index in [-0.39, 0.29) is 0 Å². The number of rotatable bonds is 2. The Morgan fingerprint density at radius 3 is 2.81 bits per heavy atom. The molecule has 1 heterocycles. The quantitative estimate of drug-likeness (QED) is 0.779. The van der Waals surface area contributed by atoms with Gasteiger partial charge < -0.3 is 0 Å². The van der Waals surface area contributed by atoms with Gasteiger partial charge in [-0.15, -0.1) is 0 Å². The van der Waals surface area contributed by atoms with Crippen LogP contribution in [0.25, 0.3) is 0 Å². The van der Waals surface area contributed by atoms with E-state index in [4.69, 9.17) is 0 Å². The van der Waals surface area contributed by atoms with Crippen LogP contribution >= 0.6 is 11.8 Å². The van der Waals surface area contributed by atoms with E-state index in [0.717, 1.165) is 17.7 Å². The molecule has 1 aliphatic carbocycles. The Kier molecular flexibility index (Phi) is 3.10. The van der Waals surface area contributed by atoms with Crippen LogP contribution in [0.5, 0.6) is 0 Å². The van der Waals surface area contributed by atoms with Crippen LogP contribution in [-0.2, 0) is 4.79 Å². The predicted octanol–water partition coefficient (Wildman–Crippen LogP) is 2.25. The number of thioether (sulfide) groups is 1. The van der Waals surface area contributed by atoms with E-state index in [1.807, 2.05) is 0 Å². The van der Waals surface area contributed by atoms with Gasteiger partial charge >= 0.3 is 107 Å². The summed E-state index contributed by atoms with van der Waals surface area (Å²) in [6.45, 7) is 0. The molecule has 0 amide bonds. The fraction of sp³-hybridized carbons (Fsp3) is 0.462. The Balaban J connectivity index is 1.70. The molecule has 2 fully saturated rings. The molecular formula is C13H14OSSe. The zero-order valence-electron chi connectivity index (χ0n) is 8.96. The van der Waals surface area contributed by atoms with Gasteiger partial charge in [0.1, 0.15) is 0 Å². The molecule has 3 heteroatoms. The Morgan fingerprint density at radius 1 is 1.19 bits per heavy atom. The van der Waals surface area contributed by atoms with Crippen molar-refractivity contribution in [2.24, 2.45) is 5.92 Å². The van der Waals surface area contributed by atoms with Crippen molar-refractivity contribution in [3.8, 4) is 0 Å². The summed E-state index contributed by atoms with van der Waals surface area (Å²) in [7, 11) is 0. The van der Waals surface area contributed by atoms with Crippen molar-refractivity contribution in [3.05, 3.63) is 30.3 Å². The van der Waals surface area contributed by atoms with Crippen molar-refractivity contribution < 1.29 is 4.79 Å². The molecule has 1 aromatic carbocycles. The van der Waals surface area contributed by atoms with E-state index in [1.165, 1.54) is 10.9 Å². The minimum atomic E-state index is 0.401. The number of fused-ring (bicyclic) bond motifs is 2. The molecule has 1 aromatic rings. The second-order valence-electron chi connectivity index (χ2n) is 4.45. The normalized spacial score (nSPS) is 33.0. The van der Waals surface area contributed by atoms with Gasteiger partial charge in [0.2, 0.25) is 0 Å². The van der Waals surface area contributed by atoms with Gasteiger partial charge in [-0.1, -0.05) is 0 Å². The zero-order valence-corrected chi connectivity index (χ0v) is 11.5. The van der Waals surface area contributed by atoms with Gasteiger partial charge in [0, 0.05) is 0 Å². The molecule has 2 bridgehead atoms. The molecule has 1 saturated carbocycles. The number of carbonyl (C=O) groups excluding carboxylic acids is 1. The van der Waals surface area contributed by atoms with Gasteiger partial charge in [-0.2, -0.15) is 0 Å². The fourth-order valence-electron chi connectivity index (χ4n) is 2.49. The summed E-state index contributed by atoms with van der Waals surface area (Å²) in [5.41, 5.74) is 0. The molecule has 1 nitrogen and oxygen atoms in total. The summed E-state index contributed by atoms with van der Waals surface area (Å²) >= 11 is 2.19. The van der Waals surface area contributed by atoms with Crippen LogP contribution in [0.3, 0.4) is 0 Å². The van der Waals surface area contributed by atoms with Crippen LogP contribution in [0.2, 0.25) is 4.82 Å². The molecule has 3 rings (SSSR count). The van der Waals surface area contributed by atoms with E-state index in [2.05, 4.69) is 30.3 Å². The second-order valence-corrected chi connectivity index (χ2v) is 8.45. The Hall–Kier alpha value is -0.241. The first kappa shape index (κ1) is 10.9. The Morgan fingerprint density at radius 2 is 2.00 bits per heavy atom. The molecule has 3 atom stereocenters. The molecule has 1 aliphatic heterocycles. The van der Waals surface area contributed by atoms with Gasteiger partial charge in [-0.05, 0) is 0 Å². The van der Waals surface area contributed by atoms with Gasteiger partial charge in [-0.3, -0.25) is 0 Å². The molecule has 0 unspecified atom stereocenters. The van der Waals surface area contributed by atoms with Crippen LogP contribution in [-0.4, -0.2) is 25.3 Å². The number of hydrogen-bond acceptors (Lipinski definition) is 2. The van der Waals surface area contributed by atoms with Crippen molar-refractivity contribution in [3.63, 3.8) is 0 Å². The van der Waals surface area contributed by atoms with Crippen LogP contribution < -0.4 is 4.46 Å². The molecule has 2 aliphatic rings. The Labute approximate surface area is 107 Å². The van der Waals surface area contributed by atoms with Crippen LogP contribution in [0.1, 0.15) is 19.3 Å². The van der Waals surface area contributed by atoms with Crippen molar-refractivity contribution in [1.29, 1.82) is 0 Å². The van der Waals surface area contributed by atoms with Gasteiger partial charge in [0.15, 0.2) is 0 Å². The molecule has 0 aromatic heterocycles. The summed E-state index contributed by atoms with van der Waals surface area (Å²) in [5, 5.41) is 1.10. The summed E-state index contributed by atoms with van der Waals surface area (Å²) in [5.74, 6) is 0.401. The second kappa shape index (κ2) is 4.56. The third-order valence-electron chi connectivity index (χ3n) is 3.36. The van der Waals surface area contributed by atoms with E-state index in [1.54, 1.807) is 11.8 Å². The summed E-state index contributed by atoms with van der Waals surface area (Å²) < 4.78 is 1.48. The number of hydrogen-bond donors (Lipinski definition) is 0. The number of carbonyl (C=O) groups is 1. The first-order chi connectivity index (χ1) is 7.83. The monoisotopic (exact) mass is 298 g/mol. The van der Waals surface area contributed by atoms with E-state index in [9.17, 15) is 4.79 Å².